The van der Waals surface area contributed by atoms with Crippen molar-refractivity contribution in [2.75, 3.05) is 51.3 Å². The molecule has 39 heavy (non-hydrogen) atoms. The number of likely N-dealkylation sites (tertiary alicyclic amines) is 1. The highest BCUT2D eigenvalue weighted by atomic mass is 19.4. The highest BCUT2D eigenvalue weighted by molar-refractivity contribution is 5.98. The number of H-pyrrole nitrogens is 1. The summed E-state index contributed by atoms with van der Waals surface area (Å²) in [6.07, 6.45) is -0.156. The molecule has 4 aliphatic rings. The van der Waals surface area contributed by atoms with E-state index >= 15 is 0 Å². The standard InChI is InChI=1S/C28H30F3N5O3/c29-28(30,31)21-14-32-26-24(21)20(16-1-2-16)13-23(34-26)33-22-4-3-19(18-6-10-39-25(18)22)27(37)36-7-5-17(15-36)35-8-11-38-12-9-35/h3-4,13-14,16-17H,1-2,5-12,15H2,(H2,32,33,34). The quantitative estimate of drug-likeness (QED) is 0.488. The number of hydrogen-bond donors (Lipinski definition) is 2. The van der Waals surface area contributed by atoms with Crippen LogP contribution in [0.5, 0.6) is 5.75 Å². The summed E-state index contributed by atoms with van der Waals surface area (Å²) in [5.41, 5.74) is 2.36. The fraction of sp³-hybridized carbons (Fsp3) is 0.500. The number of pyridine rings is 1. The first-order chi connectivity index (χ1) is 18.9. The molecule has 0 radical (unpaired) electrons. The molecule has 3 aliphatic heterocycles. The van der Waals surface area contributed by atoms with Crippen LogP contribution >= 0.6 is 0 Å². The first-order valence-electron chi connectivity index (χ1n) is 13.6. The van der Waals surface area contributed by atoms with Crippen molar-refractivity contribution in [2.45, 2.75) is 43.8 Å². The molecule has 3 fully saturated rings. The highest BCUT2D eigenvalue weighted by Gasteiger charge is 2.38. The van der Waals surface area contributed by atoms with E-state index < -0.39 is 11.7 Å². The number of carbonyl (C=O) groups is 1. The molecule has 206 valence electrons. The number of carbonyl (C=O) groups excluding carboxylic acids is 1. The first-order valence-corrected chi connectivity index (χ1v) is 13.6. The zero-order chi connectivity index (χ0) is 26.7. The predicted octanol–water partition coefficient (Wildman–Crippen LogP) is 4.68. The summed E-state index contributed by atoms with van der Waals surface area (Å²) < 4.78 is 52.3. The van der Waals surface area contributed by atoms with E-state index in [4.69, 9.17) is 9.47 Å². The molecule has 1 aliphatic carbocycles. The molecule has 2 aromatic heterocycles. The van der Waals surface area contributed by atoms with Crippen LogP contribution in [0.2, 0.25) is 0 Å². The molecule has 2 N–H and O–H groups in total. The summed E-state index contributed by atoms with van der Waals surface area (Å²) in [5, 5.41) is 3.42. The number of benzene rings is 1. The van der Waals surface area contributed by atoms with Gasteiger partial charge in [0.05, 0.1) is 31.1 Å². The number of rotatable bonds is 5. The predicted molar refractivity (Wildman–Crippen MR) is 139 cm³/mol. The summed E-state index contributed by atoms with van der Waals surface area (Å²) in [5.74, 6) is 1.17. The Hall–Kier alpha value is -3.31. The lowest BCUT2D eigenvalue weighted by Crippen LogP contribution is -2.45. The average Bonchev–Trinajstić information content (AvgIpc) is 3.31. The average molecular weight is 542 g/mol. The summed E-state index contributed by atoms with van der Waals surface area (Å²) in [4.78, 5) is 25.1. The van der Waals surface area contributed by atoms with Crippen molar-refractivity contribution >= 4 is 28.4 Å². The molecule has 5 heterocycles. The Labute approximate surface area is 223 Å². The smallest absolute Gasteiger partial charge is 0.418 e. The third-order valence-corrected chi connectivity index (χ3v) is 8.36. The van der Waals surface area contributed by atoms with Crippen molar-refractivity contribution in [1.29, 1.82) is 0 Å². The van der Waals surface area contributed by atoms with E-state index in [9.17, 15) is 18.0 Å². The van der Waals surface area contributed by atoms with E-state index in [1.807, 2.05) is 17.0 Å². The number of halogens is 3. The number of alkyl halides is 3. The van der Waals surface area contributed by atoms with Crippen LogP contribution in [0, 0.1) is 0 Å². The highest BCUT2D eigenvalue weighted by Crippen LogP contribution is 2.47. The molecular formula is C28H30F3N5O3. The van der Waals surface area contributed by atoms with Gasteiger partial charge in [0, 0.05) is 61.4 Å². The van der Waals surface area contributed by atoms with E-state index in [0.717, 1.165) is 63.9 Å². The van der Waals surface area contributed by atoms with Gasteiger partial charge in [-0.05, 0) is 48.9 Å². The number of nitrogens with one attached hydrogen (secondary N) is 2. The second-order valence-corrected chi connectivity index (χ2v) is 10.8. The number of hydrogen-bond acceptors (Lipinski definition) is 6. The largest absolute Gasteiger partial charge is 0.491 e. The third kappa shape index (κ3) is 4.51. The van der Waals surface area contributed by atoms with Gasteiger partial charge in [0.2, 0.25) is 0 Å². The zero-order valence-electron chi connectivity index (χ0n) is 21.4. The second-order valence-electron chi connectivity index (χ2n) is 10.8. The number of ether oxygens (including phenoxy) is 2. The molecule has 1 unspecified atom stereocenters. The van der Waals surface area contributed by atoms with Gasteiger partial charge in [0.15, 0.2) is 0 Å². The molecule has 1 saturated carbocycles. The lowest BCUT2D eigenvalue weighted by molar-refractivity contribution is -0.136. The Morgan fingerprint density at radius 1 is 1.10 bits per heavy atom. The van der Waals surface area contributed by atoms with Crippen LogP contribution in [0.4, 0.5) is 24.7 Å². The minimum absolute atomic E-state index is 0.0145. The number of anilines is 2. The van der Waals surface area contributed by atoms with Gasteiger partial charge in [0.25, 0.3) is 5.91 Å². The van der Waals surface area contributed by atoms with Crippen LogP contribution < -0.4 is 10.1 Å². The van der Waals surface area contributed by atoms with E-state index in [1.54, 1.807) is 6.07 Å². The van der Waals surface area contributed by atoms with Crippen molar-refractivity contribution < 1.29 is 27.4 Å². The van der Waals surface area contributed by atoms with Crippen LogP contribution in [-0.2, 0) is 17.3 Å². The maximum Gasteiger partial charge on any atom is 0.418 e. The Balaban J connectivity index is 1.15. The Morgan fingerprint density at radius 3 is 2.69 bits per heavy atom. The van der Waals surface area contributed by atoms with Gasteiger partial charge in [-0.25, -0.2) is 4.98 Å². The molecule has 8 nitrogen and oxygen atoms in total. The summed E-state index contributed by atoms with van der Waals surface area (Å²) >= 11 is 0. The molecule has 1 atom stereocenters. The first kappa shape index (κ1) is 24.7. The molecule has 11 heteroatoms. The topological polar surface area (TPSA) is 82.7 Å². The Kier molecular flexibility index (Phi) is 5.96. The second kappa shape index (κ2) is 9.41. The normalized spacial score (nSPS) is 21.8. The van der Waals surface area contributed by atoms with Gasteiger partial charge in [-0.3, -0.25) is 9.69 Å². The molecule has 7 rings (SSSR count). The maximum absolute atomic E-state index is 13.6. The summed E-state index contributed by atoms with van der Waals surface area (Å²) in [6.45, 7) is 5.17. The lowest BCUT2D eigenvalue weighted by atomic mass is 10.0. The zero-order valence-corrected chi connectivity index (χ0v) is 21.4. The molecule has 2 saturated heterocycles. The summed E-state index contributed by atoms with van der Waals surface area (Å²) in [6, 6.07) is 5.72. The summed E-state index contributed by atoms with van der Waals surface area (Å²) in [7, 11) is 0. The molecule has 1 amide bonds. The van der Waals surface area contributed by atoms with Crippen molar-refractivity contribution in [3.8, 4) is 5.75 Å². The Bertz CT molecular complexity index is 1430. The third-order valence-electron chi connectivity index (χ3n) is 8.36. The van der Waals surface area contributed by atoms with E-state index in [0.29, 0.717) is 54.0 Å². The number of aromatic nitrogens is 2. The van der Waals surface area contributed by atoms with Crippen molar-refractivity contribution in [3.63, 3.8) is 0 Å². The monoisotopic (exact) mass is 541 g/mol. The number of amides is 1. The minimum atomic E-state index is -4.45. The van der Waals surface area contributed by atoms with Crippen LogP contribution in [0.3, 0.4) is 0 Å². The Morgan fingerprint density at radius 2 is 1.92 bits per heavy atom. The molecular weight excluding hydrogens is 511 g/mol. The van der Waals surface area contributed by atoms with Gasteiger partial charge >= 0.3 is 6.18 Å². The molecule has 0 spiro atoms. The van der Waals surface area contributed by atoms with E-state index in [1.165, 1.54) is 0 Å². The van der Waals surface area contributed by atoms with Crippen molar-refractivity contribution in [3.05, 3.63) is 46.6 Å². The molecule has 3 aromatic rings. The molecule has 1 aromatic carbocycles. The number of morpholine rings is 1. The number of fused-ring (bicyclic) bond motifs is 2. The van der Waals surface area contributed by atoms with Crippen LogP contribution in [-0.4, -0.2) is 77.7 Å². The fourth-order valence-corrected chi connectivity index (χ4v) is 6.24. The lowest BCUT2D eigenvalue weighted by Gasteiger charge is -2.32. The van der Waals surface area contributed by atoms with Gasteiger partial charge in [-0.1, -0.05) is 0 Å². The van der Waals surface area contributed by atoms with Crippen LogP contribution in [0.15, 0.2) is 24.4 Å². The SMILES string of the molecule is O=C(c1ccc(Nc2cc(C3CC3)c3c(C(F)(F)F)c[nH]c3n2)c2c1CCO2)N1CCC(N2CCOCC2)C1. The van der Waals surface area contributed by atoms with E-state index in [-0.39, 0.29) is 22.9 Å². The van der Waals surface area contributed by atoms with Crippen LogP contribution in [0.25, 0.3) is 11.0 Å². The minimum Gasteiger partial charge on any atom is -0.491 e. The van der Waals surface area contributed by atoms with E-state index in [2.05, 4.69) is 20.2 Å². The van der Waals surface area contributed by atoms with Crippen LogP contribution in [0.1, 0.15) is 52.2 Å². The molecule has 0 bridgehead atoms. The van der Waals surface area contributed by atoms with Gasteiger partial charge in [-0.15, -0.1) is 0 Å². The number of nitrogens with zero attached hydrogens (tertiary/aromatic N) is 3. The maximum atomic E-state index is 13.6. The van der Waals surface area contributed by atoms with Gasteiger partial charge in [-0.2, -0.15) is 13.2 Å². The van der Waals surface area contributed by atoms with Crippen molar-refractivity contribution in [1.82, 2.24) is 19.8 Å². The fourth-order valence-electron chi connectivity index (χ4n) is 6.24. The van der Waals surface area contributed by atoms with Crippen molar-refractivity contribution in [2.24, 2.45) is 0 Å². The van der Waals surface area contributed by atoms with Gasteiger partial charge < -0.3 is 24.7 Å². The van der Waals surface area contributed by atoms with Gasteiger partial charge in [0.1, 0.15) is 17.2 Å². The number of aromatic amines is 1.